The summed E-state index contributed by atoms with van der Waals surface area (Å²) >= 11 is 0. The summed E-state index contributed by atoms with van der Waals surface area (Å²) in [4.78, 5) is 18.1. The Morgan fingerprint density at radius 2 is 1.97 bits per heavy atom. The summed E-state index contributed by atoms with van der Waals surface area (Å²) in [6, 6.07) is 14.7. The van der Waals surface area contributed by atoms with Crippen molar-refractivity contribution in [3.05, 3.63) is 64.2 Å². The van der Waals surface area contributed by atoms with E-state index in [4.69, 9.17) is 19.7 Å². The van der Waals surface area contributed by atoms with Crippen LogP contribution in [-0.4, -0.2) is 29.1 Å². The van der Waals surface area contributed by atoms with E-state index >= 15 is 0 Å². The van der Waals surface area contributed by atoms with E-state index in [1.54, 1.807) is 24.4 Å². The molecule has 0 saturated heterocycles. The van der Waals surface area contributed by atoms with Crippen molar-refractivity contribution in [2.24, 2.45) is 5.10 Å². The van der Waals surface area contributed by atoms with Crippen LogP contribution in [-0.2, 0) is 0 Å². The van der Waals surface area contributed by atoms with E-state index in [1.807, 2.05) is 37.3 Å². The minimum Gasteiger partial charge on any atom is -0.490 e. The van der Waals surface area contributed by atoms with Crippen LogP contribution in [0, 0.1) is 11.3 Å². The summed E-state index contributed by atoms with van der Waals surface area (Å²) in [6.45, 7) is 2.28. The number of rotatable bonds is 7. The third-order valence-corrected chi connectivity index (χ3v) is 5.63. The molecule has 3 aromatic rings. The highest BCUT2D eigenvalue weighted by atomic mass is 16.5. The van der Waals surface area contributed by atoms with Crippen LogP contribution in [0.1, 0.15) is 56.3 Å². The number of nitrogens with zero attached hydrogens (tertiary/aromatic N) is 4. The summed E-state index contributed by atoms with van der Waals surface area (Å²) < 4.78 is 12.5. The molecule has 164 valence electrons. The number of fused-ring (bicyclic) bond motifs is 1. The fraction of sp³-hybridized carbons (Fsp3) is 0.360. The summed E-state index contributed by atoms with van der Waals surface area (Å²) in [6.07, 6.45) is 7.16. The van der Waals surface area contributed by atoms with Gasteiger partial charge in [0, 0.05) is 5.92 Å². The average Bonchev–Trinajstić information content (AvgIpc) is 2.83. The Morgan fingerprint density at radius 3 is 2.75 bits per heavy atom. The molecule has 0 atom stereocenters. The number of aromatic nitrogens is 2. The molecular formula is C25H26N4O3. The van der Waals surface area contributed by atoms with Crippen molar-refractivity contribution in [3.63, 3.8) is 0 Å². The average molecular weight is 431 g/mol. The molecule has 4 rings (SSSR count). The number of ether oxygens (including phenoxy) is 2. The third kappa shape index (κ3) is 4.65. The Labute approximate surface area is 186 Å². The number of benzene rings is 2. The van der Waals surface area contributed by atoms with Crippen LogP contribution >= 0.6 is 0 Å². The Kier molecular flexibility index (Phi) is 6.81. The first-order valence-electron chi connectivity index (χ1n) is 11.0. The molecule has 0 unspecified atom stereocenters. The monoisotopic (exact) mass is 430 g/mol. The topological polar surface area (TPSA) is 89.5 Å². The van der Waals surface area contributed by atoms with Crippen molar-refractivity contribution >= 4 is 17.1 Å². The van der Waals surface area contributed by atoms with E-state index in [1.165, 1.54) is 11.1 Å². The molecule has 1 heterocycles. The summed E-state index contributed by atoms with van der Waals surface area (Å²) in [5.74, 6) is 1.98. The molecule has 2 aromatic carbocycles. The largest absolute Gasteiger partial charge is 0.490 e. The molecular weight excluding hydrogens is 404 g/mol. The molecule has 1 saturated carbocycles. The van der Waals surface area contributed by atoms with Crippen molar-refractivity contribution in [1.82, 2.24) is 9.66 Å². The Balaban J connectivity index is 1.74. The molecule has 1 fully saturated rings. The molecule has 0 spiro atoms. The van der Waals surface area contributed by atoms with Gasteiger partial charge in [-0.1, -0.05) is 31.4 Å². The fourth-order valence-electron chi connectivity index (χ4n) is 4.10. The van der Waals surface area contributed by atoms with Gasteiger partial charge in [0.15, 0.2) is 18.1 Å². The summed E-state index contributed by atoms with van der Waals surface area (Å²) in [5.41, 5.74) is 1.31. The van der Waals surface area contributed by atoms with E-state index in [0.717, 1.165) is 37.1 Å². The van der Waals surface area contributed by atoms with Gasteiger partial charge in [-0.3, -0.25) is 4.79 Å². The summed E-state index contributed by atoms with van der Waals surface area (Å²) in [5, 5.41) is 13.9. The Bertz CT molecular complexity index is 1220. The number of para-hydroxylation sites is 1. The van der Waals surface area contributed by atoms with Crippen molar-refractivity contribution in [2.75, 3.05) is 13.2 Å². The molecule has 0 amide bonds. The molecule has 7 nitrogen and oxygen atoms in total. The lowest BCUT2D eigenvalue weighted by molar-refractivity contribution is 0.298. The third-order valence-electron chi connectivity index (χ3n) is 5.63. The lowest BCUT2D eigenvalue weighted by Crippen LogP contribution is -2.25. The van der Waals surface area contributed by atoms with Crippen LogP contribution < -0.4 is 15.0 Å². The fourth-order valence-corrected chi connectivity index (χ4v) is 4.10. The molecule has 0 aliphatic heterocycles. The minimum atomic E-state index is -0.161. The van der Waals surface area contributed by atoms with Crippen LogP contribution in [0.2, 0.25) is 0 Å². The SMILES string of the molecule is CCOc1cc(C=Nn2c(C3CCCCC3)nc3ccccc3c2=O)ccc1OCC#N. The maximum absolute atomic E-state index is 13.3. The number of hydrogen-bond donors (Lipinski definition) is 0. The second kappa shape index (κ2) is 10.1. The number of nitriles is 1. The van der Waals surface area contributed by atoms with Gasteiger partial charge in [-0.15, -0.1) is 0 Å². The molecule has 1 aromatic heterocycles. The molecule has 0 radical (unpaired) electrons. The highest BCUT2D eigenvalue weighted by molar-refractivity contribution is 5.81. The van der Waals surface area contributed by atoms with Gasteiger partial charge in [-0.25, -0.2) is 4.98 Å². The van der Waals surface area contributed by atoms with Crippen molar-refractivity contribution in [2.45, 2.75) is 44.9 Å². The molecule has 1 aliphatic rings. The smallest absolute Gasteiger partial charge is 0.282 e. The van der Waals surface area contributed by atoms with Crippen molar-refractivity contribution in [3.8, 4) is 17.6 Å². The van der Waals surface area contributed by atoms with Gasteiger partial charge >= 0.3 is 0 Å². The lowest BCUT2D eigenvalue weighted by atomic mass is 9.88. The lowest BCUT2D eigenvalue weighted by Gasteiger charge is -2.22. The van der Waals surface area contributed by atoms with Crippen molar-refractivity contribution < 1.29 is 9.47 Å². The van der Waals surface area contributed by atoms with Crippen LogP contribution in [0.15, 0.2) is 52.4 Å². The summed E-state index contributed by atoms with van der Waals surface area (Å²) in [7, 11) is 0. The van der Waals surface area contributed by atoms with Crippen LogP contribution in [0.4, 0.5) is 0 Å². The predicted octanol–water partition coefficient (Wildman–Crippen LogP) is 4.63. The predicted molar refractivity (Wildman–Crippen MR) is 124 cm³/mol. The maximum Gasteiger partial charge on any atom is 0.282 e. The van der Waals surface area contributed by atoms with Crippen LogP contribution in [0.5, 0.6) is 11.5 Å². The van der Waals surface area contributed by atoms with Gasteiger partial charge in [0.2, 0.25) is 0 Å². The van der Waals surface area contributed by atoms with Gasteiger partial charge in [-0.2, -0.15) is 15.0 Å². The zero-order valence-electron chi connectivity index (χ0n) is 18.2. The second-order valence-corrected chi connectivity index (χ2v) is 7.77. The quantitative estimate of drug-likeness (QED) is 0.510. The molecule has 0 N–H and O–H groups in total. The van der Waals surface area contributed by atoms with Gasteiger partial charge < -0.3 is 9.47 Å². The zero-order chi connectivity index (χ0) is 22.3. The Hall–Kier alpha value is -3.66. The molecule has 1 aliphatic carbocycles. The van der Waals surface area contributed by atoms with E-state index in [2.05, 4.69) is 5.10 Å². The molecule has 32 heavy (non-hydrogen) atoms. The molecule has 0 bridgehead atoms. The van der Waals surface area contributed by atoms with Crippen molar-refractivity contribution in [1.29, 1.82) is 5.26 Å². The van der Waals surface area contributed by atoms with E-state index in [0.29, 0.717) is 29.0 Å². The second-order valence-electron chi connectivity index (χ2n) is 7.77. The zero-order valence-corrected chi connectivity index (χ0v) is 18.2. The number of hydrogen-bond acceptors (Lipinski definition) is 6. The van der Waals surface area contributed by atoms with E-state index in [-0.39, 0.29) is 18.1 Å². The normalized spacial score (nSPS) is 14.5. The van der Waals surface area contributed by atoms with Gasteiger partial charge in [-0.05, 0) is 55.7 Å². The van der Waals surface area contributed by atoms with Gasteiger partial charge in [0.25, 0.3) is 5.56 Å². The van der Waals surface area contributed by atoms with Gasteiger partial charge in [0.1, 0.15) is 11.9 Å². The highest BCUT2D eigenvalue weighted by Gasteiger charge is 2.22. The Morgan fingerprint density at radius 1 is 1.16 bits per heavy atom. The first-order valence-corrected chi connectivity index (χ1v) is 11.0. The standard InChI is InChI=1S/C25H26N4O3/c1-2-31-23-16-18(12-13-22(23)32-15-14-26)17-27-29-24(19-8-4-3-5-9-19)28-21-11-7-6-10-20(21)25(29)30/h6-7,10-13,16-17,19H,2-5,8-9,15H2,1H3. The van der Waals surface area contributed by atoms with E-state index < -0.39 is 0 Å². The molecule has 7 heteroatoms. The first kappa shape index (κ1) is 21.6. The minimum absolute atomic E-state index is 0.0591. The van der Waals surface area contributed by atoms with E-state index in [9.17, 15) is 4.79 Å². The van der Waals surface area contributed by atoms with Gasteiger partial charge in [0.05, 0.1) is 23.7 Å². The highest BCUT2D eigenvalue weighted by Crippen LogP contribution is 2.32. The van der Waals surface area contributed by atoms with Crippen LogP contribution in [0.3, 0.4) is 0 Å². The first-order chi connectivity index (χ1) is 15.7. The van der Waals surface area contributed by atoms with Crippen LogP contribution in [0.25, 0.3) is 10.9 Å². The maximum atomic E-state index is 13.3.